The lowest BCUT2D eigenvalue weighted by Crippen LogP contribution is -2.00. The maximum atomic E-state index is 5.04. The minimum Gasteiger partial charge on any atom is -0.306 e. The molecule has 216 valence electrons. The molecule has 46 heavy (non-hydrogen) atoms. The SMILES string of the molecule is c1ccc(-c2ccc3c(c2)c2cc(-c4ccccc4)ccc2n3-c2cnc3nc(-c4ccccc4)c(-c4ccccc4)n3c2)cc1. The number of benzene rings is 6. The molecule has 0 spiro atoms. The van der Waals surface area contributed by atoms with Gasteiger partial charge in [0.1, 0.15) is 0 Å². The van der Waals surface area contributed by atoms with E-state index in [-0.39, 0.29) is 0 Å². The van der Waals surface area contributed by atoms with E-state index in [0.717, 1.165) is 39.2 Å². The minimum absolute atomic E-state index is 0.667. The van der Waals surface area contributed by atoms with Crippen molar-refractivity contribution >= 4 is 27.6 Å². The molecule has 0 N–H and O–H groups in total. The van der Waals surface area contributed by atoms with Crippen LogP contribution in [-0.4, -0.2) is 18.9 Å². The molecule has 0 saturated heterocycles. The van der Waals surface area contributed by atoms with Crippen LogP contribution in [0.3, 0.4) is 0 Å². The topological polar surface area (TPSA) is 35.1 Å². The summed E-state index contributed by atoms with van der Waals surface area (Å²) in [5.41, 5.74) is 12.1. The molecular weight excluding hydrogens is 560 g/mol. The Morgan fingerprint density at radius 2 is 0.913 bits per heavy atom. The van der Waals surface area contributed by atoms with E-state index in [0.29, 0.717) is 5.78 Å². The molecule has 4 heteroatoms. The lowest BCUT2D eigenvalue weighted by atomic mass is 10.0. The van der Waals surface area contributed by atoms with Crippen LogP contribution in [0.15, 0.2) is 170 Å². The third-order valence-electron chi connectivity index (χ3n) is 8.80. The van der Waals surface area contributed by atoms with Crippen LogP contribution < -0.4 is 0 Å². The van der Waals surface area contributed by atoms with E-state index in [2.05, 4.69) is 161 Å². The van der Waals surface area contributed by atoms with Gasteiger partial charge in [0.25, 0.3) is 0 Å². The Labute approximate surface area is 266 Å². The van der Waals surface area contributed by atoms with Crippen molar-refractivity contribution < 1.29 is 0 Å². The second-order valence-corrected chi connectivity index (χ2v) is 11.6. The van der Waals surface area contributed by atoms with E-state index < -0.39 is 0 Å². The Morgan fingerprint density at radius 3 is 1.43 bits per heavy atom. The molecule has 0 aliphatic rings. The molecule has 0 amide bonds. The van der Waals surface area contributed by atoms with Crippen molar-refractivity contribution in [2.24, 2.45) is 0 Å². The summed E-state index contributed by atoms with van der Waals surface area (Å²) < 4.78 is 4.47. The highest BCUT2D eigenvalue weighted by Gasteiger charge is 2.19. The first-order valence-electron chi connectivity index (χ1n) is 15.5. The normalized spacial score (nSPS) is 11.5. The van der Waals surface area contributed by atoms with Gasteiger partial charge in [0.15, 0.2) is 0 Å². The summed E-state index contributed by atoms with van der Waals surface area (Å²) in [5.74, 6) is 0.667. The number of aromatic nitrogens is 4. The summed E-state index contributed by atoms with van der Waals surface area (Å²) in [6.07, 6.45) is 4.13. The predicted octanol–water partition coefficient (Wildman–Crippen LogP) is 10.5. The van der Waals surface area contributed by atoms with Crippen LogP contribution in [0.4, 0.5) is 0 Å². The van der Waals surface area contributed by atoms with Crippen LogP contribution in [0.2, 0.25) is 0 Å². The molecule has 9 aromatic rings. The molecule has 0 atom stereocenters. The Morgan fingerprint density at radius 1 is 0.435 bits per heavy atom. The van der Waals surface area contributed by atoms with Crippen molar-refractivity contribution in [3.63, 3.8) is 0 Å². The smallest absolute Gasteiger partial charge is 0.234 e. The summed E-state index contributed by atoms with van der Waals surface area (Å²) in [4.78, 5) is 9.98. The second kappa shape index (κ2) is 10.7. The van der Waals surface area contributed by atoms with Crippen molar-refractivity contribution in [3.8, 4) is 50.5 Å². The number of hydrogen-bond donors (Lipinski definition) is 0. The highest BCUT2D eigenvalue weighted by molar-refractivity contribution is 6.11. The van der Waals surface area contributed by atoms with Crippen LogP contribution in [0.25, 0.3) is 78.0 Å². The van der Waals surface area contributed by atoms with E-state index in [1.165, 1.54) is 33.0 Å². The van der Waals surface area contributed by atoms with Crippen molar-refractivity contribution in [3.05, 3.63) is 170 Å². The van der Waals surface area contributed by atoms with Gasteiger partial charge in [0.2, 0.25) is 5.78 Å². The number of hydrogen-bond acceptors (Lipinski definition) is 2. The van der Waals surface area contributed by atoms with Gasteiger partial charge < -0.3 is 4.57 Å². The first-order valence-corrected chi connectivity index (χ1v) is 15.5. The fourth-order valence-electron chi connectivity index (χ4n) is 6.63. The molecule has 4 nitrogen and oxygen atoms in total. The summed E-state index contributed by atoms with van der Waals surface area (Å²) >= 11 is 0. The van der Waals surface area contributed by atoms with Crippen molar-refractivity contribution in [1.82, 2.24) is 18.9 Å². The van der Waals surface area contributed by atoms with Crippen LogP contribution in [-0.2, 0) is 0 Å². The molecule has 0 radical (unpaired) electrons. The zero-order valence-electron chi connectivity index (χ0n) is 25.0. The van der Waals surface area contributed by atoms with Crippen LogP contribution >= 0.6 is 0 Å². The third kappa shape index (κ3) is 4.31. The largest absolute Gasteiger partial charge is 0.306 e. The monoisotopic (exact) mass is 588 g/mol. The van der Waals surface area contributed by atoms with E-state index in [1.807, 2.05) is 18.3 Å². The standard InChI is InChI=1S/C42H28N4/c1-5-13-29(14-6-1)33-21-23-38-36(25-33)37-26-34(30-15-7-2-8-16-30)22-24-39(37)46(38)35-27-43-42-44-40(31-17-9-3-10-18-31)41(45(42)28-35)32-19-11-4-12-20-32/h1-28H. The number of rotatable bonds is 5. The van der Waals surface area contributed by atoms with E-state index in [4.69, 9.17) is 9.97 Å². The molecule has 3 heterocycles. The van der Waals surface area contributed by atoms with Crippen molar-refractivity contribution in [1.29, 1.82) is 0 Å². The third-order valence-corrected chi connectivity index (χ3v) is 8.80. The van der Waals surface area contributed by atoms with E-state index in [1.54, 1.807) is 0 Å². The first kappa shape index (κ1) is 26.2. The zero-order chi connectivity index (χ0) is 30.5. The predicted molar refractivity (Wildman–Crippen MR) is 189 cm³/mol. The van der Waals surface area contributed by atoms with Gasteiger partial charge >= 0.3 is 0 Å². The molecule has 0 fully saturated rings. The van der Waals surface area contributed by atoms with Gasteiger partial charge in [-0.15, -0.1) is 0 Å². The summed E-state index contributed by atoms with van der Waals surface area (Å²) in [7, 11) is 0. The van der Waals surface area contributed by atoms with Crippen LogP contribution in [0.1, 0.15) is 0 Å². The molecule has 0 bridgehead atoms. The van der Waals surface area contributed by atoms with Gasteiger partial charge in [-0.1, -0.05) is 133 Å². The summed E-state index contributed by atoms with van der Waals surface area (Å²) in [6.45, 7) is 0. The highest BCUT2D eigenvalue weighted by Crippen LogP contribution is 2.38. The molecule has 0 unspecified atom stereocenters. The van der Waals surface area contributed by atoms with Gasteiger partial charge in [-0.25, -0.2) is 9.97 Å². The Bertz CT molecular complexity index is 2400. The molecule has 6 aromatic carbocycles. The second-order valence-electron chi connectivity index (χ2n) is 11.6. The quantitative estimate of drug-likeness (QED) is 0.200. The number of nitrogens with zero attached hydrogens (tertiary/aromatic N) is 4. The van der Waals surface area contributed by atoms with Crippen LogP contribution in [0, 0.1) is 0 Å². The van der Waals surface area contributed by atoms with Gasteiger partial charge in [0, 0.05) is 28.1 Å². The average Bonchev–Trinajstić information content (AvgIpc) is 3.68. The Hall–Kier alpha value is -6.26. The average molecular weight is 589 g/mol. The van der Waals surface area contributed by atoms with Crippen molar-refractivity contribution in [2.45, 2.75) is 0 Å². The lowest BCUT2D eigenvalue weighted by molar-refractivity contribution is 1.05. The van der Waals surface area contributed by atoms with Gasteiger partial charge in [-0.2, -0.15) is 0 Å². The van der Waals surface area contributed by atoms with Gasteiger partial charge in [-0.05, 0) is 46.5 Å². The molecule has 0 saturated carbocycles. The van der Waals surface area contributed by atoms with Gasteiger partial charge in [0.05, 0.1) is 34.3 Å². The first-order chi connectivity index (χ1) is 22.8. The lowest BCUT2D eigenvalue weighted by Gasteiger charge is -2.11. The fourth-order valence-corrected chi connectivity index (χ4v) is 6.63. The zero-order valence-corrected chi connectivity index (χ0v) is 25.0. The minimum atomic E-state index is 0.667. The van der Waals surface area contributed by atoms with Gasteiger partial charge in [-0.3, -0.25) is 4.40 Å². The highest BCUT2D eigenvalue weighted by atomic mass is 15.1. The molecule has 9 rings (SSSR count). The molecule has 0 aliphatic carbocycles. The molecular formula is C42H28N4. The maximum Gasteiger partial charge on any atom is 0.234 e. The Kier molecular flexibility index (Phi) is 6.10. The molecule has 3 aromatic heterocycles. The number of fused-ring (bicyclic) bond motifs is 4. The van der Waals surface area contributed by atoms with Crippen LogP contribution in [0.5, 0.6) is 0 Å². The fraction of sp³-hybridized carbons (Fsp3) is 0. The maximum absolute atomic E-state index is 5.04. The molecule has 0 aliphatic heterocycles. The summed E-state index contributed by atoms with van der Waals surface area (Å²) in [5, 5.41) is 2.40. The van der Waals surface area contributed by atoms with E-state index >= 15 is 0 Å². The summed E-state index contributed by atoms with van der Waals surface area (Å²) in [6, 6.07) is 55.6. The van der Waals surface area contributed by atoms with Crippen molar-refractivity contribution in [2.75, 3.05) is 0 Å². The number of imidazole rings is 1. The Balaban J connectivity index is 1.32. The van der Waals surface area contributed by atoms with E-state index in [9.17, 15) is 0 Å².